The van der Waals surface area contributed by atoms with Crippen LogP contribution in [0.25, 0.3) is 5.65 Å². The molecule has 0 atom stereocenters. The van der Waals surface area contributed by atoms with E-state index in [1.54, 1.807) is 16.7 Å². The zero-order valence-corrected chi connectivity index (χ0v) is 19.1. The van der Waals surface area contributed by atoms with Crippen LogP contribution < -0.4 is 10.9 Å². The molecule has 0 unspecified atom stereocenters. The molecule has 0 saturated carbocycles. The molecule has 3 heterocycles. The minimum absolute atomic E-state index is 0.0183. The molecule has 8 heteroatoms. The maximum absolute atomic E-state index is 12.5. The third kappa shape index (κ3) is 5.39. The highest BCUT2D eigenvalue weighted by Crippen LogP contribution is 2.16. The van der Waals surface area contributed by atoms with Gasteiger partial charge in [-0.2, -0.15) is 0 Å². The fraction of sp³-hybridized carbons (Fsp3) is 0.348. The van der Waals surface area contributed by atoms with Gasteiger partial charge in [-0.3, -0.25) is 23.8 Å². The maximum Gasteiger partial charge on any atom is 0.258 e. The number of halogens is 1. The number of rotatable bonds is 6. The third-order valence-corrected chi connectivity index (χ3v) is 6.04. The molecule has 1 amide bonds. The van der Waals surface area contributed by atoms with Gasteiger partial charge >= 0.3 is 0 Å². The molecular weight excluding hydrogens is 458 g/mol. The summed E-state index contributed by atoms with van der Waals surface area (Å²) in [6.07, 6.45) is 2.62. The van der Waals surface area contributed by atoms with Gasteiger partial charge in [-0.1, -0.05) is 25.1 Å². The van der Waals surface area contributed by atoms with E-state index >= 15 is 0 Å². The Morgan fingerprint density at radius 1 is 1.10 bits per heavy atom. The molecule has 1 aliphatic heterocycles. The Balaban J connectivity index is 1.31. The van der Waals surface area contributed by atoms with Crippen molar-refractivity contribution in [2.45, 2.75) is 19.9 Å². The summed E-state index contributed by atoms with van der Waals surface area (Å²) in [6, 6.07) is 13.2. The maximum atomic E-state index is 12.5. The molecule has 2 aromatic heterocycles. The summed E-state index contributed by atoms with van der Waals surface area (Å²) in [7, 11) is 0. The molecule has 1 N–H and O–H groups in total. The second-order valence-electron chi connectivity index (χ2n) is 7.77. The lowest BCUT2D eigenvalue weighted by Gasteiger charge is -2.34. The number of carbonyl (C=O) groups excluding carboxylic acids is 1. The Labute approximate surface area is 189 Å². The number of anilines is 1. The average Bonchev–Trinajstić information content (AvgIpc) is 2.76. The van der Waals surface area contributed by atoms with Crippen LogP contribution in [-0.4, -0.2) is 57.8 Å². The molecule has 1 fully saturated rings. The highest BCUT2D eigenvalue weighted by molar-refractivity contribution is 9.10. The Morgan fingerprint density at radius 3 is 2.61 bits per heavy atom. The van der Waals surface area contributed by atoms with E-state index in [4.69, 9.17) is 0 Å². The first-order valence-corrected chi connectivity index (χ1v) is 11.3. The number of hydrogen-bond acceptors (Lipinski definition) is 5. The number of aryl methyl sites for hydroxylation is 1. The van der Waals surface area contributed by atoms with Crippen molar-refractivity contribution in [2.24, 2.45) is 0 Å². The largest absolute Gasteiger partial charge is 0.325 e. The molecular formula is C23H26BrN5O2. The number of amides is 1. The van der Waals surface area contributed by atoms with Gasteiger partial charge in [0.15, 0.2) is 0 Å². The first kappa shape index (κ1) is 21.7. The molecule has 1 aromatic carbocycles. The van der Waals surface area contributed by atoms with Gasteiger partial charge in [0.1, 0.15) is 5.65 Å². The molecule has 31 heavy (non-hydrogen) atoms. The van der Waals surface area contributed by atoms with Crippen LogP contribution in [0.4, 0.5) is 5.69 Å². The van der Waals surface area contributed by atoms with Gasteiger partial charge in [0.05, 0.1) is 12.2 Å². The van der Waals surface area contributed by atoms with E-state index in [0.717, 1.165) is 54.0 Å². The number of aromatic nitrogens is 2. The van der Waals surface area contributed by atoms with E-state index in [9.17, 15) is 9.59 Å². The number of carbonyl (C=O) groups is 1. The van der Waals surface area contributed by atoms with Crippen LogP contribution in [0.2, 0.25) is 0 Å². The highest BCUT2D eigenvalue weighted by atomic mass is 79.9. The summed E-state index contributed by atoms with van der Waals surface area (Å²) >= 11 is 3.38. The first-order chi connectivity index (χ1) is 15.0. The van der Waals surface area contributed by atoms with Crippen molar-refractivity contribution in [3.05, 3.63) is 74.7 Å². The van der Waals surface area contributed by atoms with E-state index in [2.05, 4.69) is 43.0 Å². The number of para-hydroxylation sites is 1. The van der Waals surface area contributed by atoms with Crippen LogP contribution in [0.5, 0.6) is 0 Å². The van der Waals surface area contributed by atoms with Crippen LogP contribution >= 0.6 is 15.9 Å². The predicted octanol–water partition coefficient (Wildman–Crippen LogP) is 2.78. The monoisotopic (exact) mass is 483 g/mol. The first-order valence-electron chi connectivity index (χ1n) is 10.5. The van der Waals surface area contributed by atoms with Crippen LogP contribution in [-0.2, 0) is 17.8 Å². The topological polar surface area (TPSA) is 70.0 Å². The van der Waals surface area contributed by atoms with Gasteiger partial charge < -0.3 is 5.32 Å². The smallest absolute Gasteiger partial charge is 0.258 e. The molecule has 3 aromatic rings. The van der Waals surface area contributed by atoms with E-state index in [0.29, 0.717) is 18.7 Å². The Hall–Kier alpha value is -2.55. The van der Waals surface area contributed by atoms with Crippen LogP contribution in [0, 0.1) is 0 Å². The van der Waals surface area contributed by atoms with Gasteiger partial charge in [-0.25, -0.2) is 4.98 Å². The second-order valence-corrected chi connectivity index (χ2v) is 8.69. The minimum atomic E-state index is -0.0797. The molecule has 0 aliphatic carbocycles. The zero-order chi connectivity index (χ0) is 21.8. The zero-order valence-electron chi connectivity index (χ0n) is 17.6. The molecule has 4 rings (SSSR count). The van der Waals surface area contributed by atoms with Crippen molar-refractivity contribution in [3.63, 3.8) is 0 Å². The third-order valence-electron chi connectivity index (χ3n) is 5.57. The van der Waals surface area contributed by atoms with Gasteiger partial charge in [-0.15, -0.1) is 0 Å². The number of piperazine rings is 1. The summed E-state index contributed by atoms with van der Waals surface area (Å²) in [5.41, 5.74) is 3.38. The van der Waals surface area contributed by atoms with Crippen molar-refractivity contribution >= 4 is 33.2 Å². The molecule has 1 aliphatic rings. The predicted molar refractivity (Wildman–Crippen MR) is 125 cm³/mol. The van der Waals surface area contributed by atoms with Crippen molar-refractivity contribution in [1.82, 2.24) is 19.2 Å². The highest BCUT2D eigenvalue weighted by Gasteiger charge is 2.20. The van der Waals surface area contributed by atoms with E-state index in [1.807, 2.05) is 36.4 Å². The summed E-state index contributed by atoms with van der Waals surface area (Å²) in [6.45, 7) is 6.38. The average molecular weight is 484 g/mol. The Morgan fingerprint density at radius 2 is 1.84 bits per heavy atom. The summed E-state index contributed by atoms with van der Waals surface area (Å²) < 4.78 is 2.39. The lowest BCUT2D eigenvalue weighted by molar-refractivity contribution is -0.117. The van der Waals surface area contributed by atoms with E-state index in [1.165, 1.54) is 0 Å². The van der Waals surface area contributed by atoms with E-state index < -0.39 is 0 Å². The SMILES string of the molecule is CCc1ccccc1NC(=O)CN1CCN(Cc2cc(=O)n3cc(Br)ccc3n2)CC1. The number of benzene rings is 1. The minimum Gasteiger partial charge on any atom is -0.325 e. The van der Waals surface area contributed by atoms with Gasteiger partial charge in [0.2, 0.25) is 5.91 Å². The van der Waals surface area contributed by atoms with Gasteiger partial charge in [-0.05, 0) is 46.1 Å². The number of fused-ring (bicyclic) bond motifs is 1. The molecule has 0 bridgehead atoms. The number of nitrogens with one attached hydrogen (secondary N) is 1. The number of pyridine rings is 1. The Bertz CT molecular complexity index is 1140. The molecule has 1 saturated heterocycles. The van der Waals surface area contributed by atoms with Crippen LogP contribution in [0.1, 0.15) is 18.2 Å². The number of nitrogens with zero attached hydrogens (tertiary/aromatic N) is 4. The van der Waals surface area contributed by atoms with Crippen LogP contribution in [0.3, 0.4) is 0 Å². The van der Waals surface area contributed by atoms with Crippen molar-refractivity contribution in [2.75, 3.05) is 38.0 Å². The second kappa shape index (κ2) is 9.72. The summed E-state index contributed by atoms with van der Waals surface area (Å²) in [5.74, 6) is 0.0183. The van der Waals surface area contributed by atoms with Crippen molar-refractivity contribution in [1.29, 1.82) is 0 Å². The normalized spacial score (nSPS) is 15.3. The molecule has 7 nitrogen and oxygen atoms in total. The van der Waals surface area contributed by atoms with Crippen molar-refractivity contribution < 1.29 is 4.79 Å². The lowest BCUT2D eigenvalue weighted by atomic mass is 10.1. The lowest BCUT2D eigenvalue weighted by Crippen LogP contribution is -2.48. The Kier molecular flexibility index (Phi) is 6.80. The van der Waals surface area contributed by atoms with Crippen molar-refractivity contribution in [3.8, 4) is 0 Å². The fourth-order valence-electron chi connectivity index (χ4n) is 3.89. The quantitative estimate of drug-likeness (QED) is 0.583. The summed E-state index contributed by atoms with van der Waals surface area (Å²) in [5, 5.41) is 3.04. The molecule has 162 valence electrons. The van der Waals surface area contributed by atoms with Gasteiger partial charge in [0, 0.05) is 55.1 Å². The van der Waals surface area contributed by atoms with Crippen LogP contribution in [0.15, 0.2) is 57.9 Å². The summed E-state index contributed by atoms with van der Waals surface area (Å²) in [4.78, 5) is 34.0. The fourth-order valence-corrected chi connectivity index (χ4v) is 4.22. The molecule has 0 spiro atoms. The number of hydrogen-bond donors (Lipinski definition) is 1. The standard InChI is InChI=1S/C23H26BrN5O2/c1-2-17-5-3-4-6-20(17)26-22(30)16-28-11-9-27(10-12-28)15-19-13-23(31)29-14-18(24)7-8-21(29)25-19/h3-8,13-14H,2,9-12,15-16H2,1H3,(H,26,30). The molecule has 0 radical (unpaired) electrons. The van der Waals surface area contributed by atoms with E-state index in [-0.39, 0.29) is 11.5 Å². The van der Waals surface area contributed by atoms with Gasteiger partial charge in [0.25, 0.3) is 5.56 Å².